The minimum absolute atomic E-state index is 0.0660. The van der Waals surface area contributed by atoms with E-state index in [0.717, 1.165) is 61.2 Å². The predicted octanol–water partition coefficient (Wildman–Crippen LogP) is 6.53. The maximum atomic E-state index is 14.1. The molecule has 0 spiro atoms. The maximum Gasteiger partial charge on any atom is 0.247 e. The van der Waals surface area contributed by atoms with E-state index in [-0.39, 0.29) is 30.4 Å². The Balaban J connectivity index is 1.48. The van der Waals surface area contributed by atoms with Crippen LogP contribution in [-0.2, 0) is 9.59 Å². The molecule has 5 nitrogen and oxygen atoms in total. The van der Waals surface area contributed by atoms with Crippen LogP contribution in [0.25, 0.3) is 5.69 Å². The first-order valence-electron chi connectivity index (χ1n) is 12.7. The third kappa shape index (κ3) is 4.87. The second kappa shape index (κ2) is 10.3. The molecule has 2 aliphatic rings. The van der Waals surface area contributed by atoms with Crippen LogP contribution in [0.1, 0.15) is 69.2 Å². The number of carbonyl (C=O) groups is 2. The summed E-state index contributed by atoms with van der Waals surface area (Å²) >= 11 is 6.38. The number of halogens is 1. The Hall–Kier alpha value is -3.05. The van der Waals surface area contributed by atoms with Crippen LogP contribution in [0.5, 0.6) is 0 Å². The zero-order valence-electron chi connectivity index (χ0n) is 20.2. The van der Waals surface area contributed by atoms with Gasteiger partial charge in [-0.2, -0.15) is 0 Å². The number of unbranched alkanes of at least 4 members (excludes halogenated alkanes) is 3. The third-order valence-electron chi connectivity index (χ3n) is 7.01. The van der Waals surface area contributed by atoms with E-state index >= 15 is 0 Å². The van der Waals surface area contributed by atoms with E-state index in [1.807, 2.05) is 70.6 Å². The van der Waals surface area contributed by atoms with Crippen molar-refractivity contribution in [1.29, 1.82) is 0 Å². The van der Waals surface area contributed by atoms with Gasteiger partial charge in [0.2, 0.25) is 11.8 Å². The van der Waals surface area contributed by atoms with E-state index in [1.54, 1.807) is 0 Å². The topological polar surface area (TPSA) is 45.6 Å². The fraction of sp³-hybridized carbons (Fsp3) is 0.379. The van der Waals surface area contributed by atoms with Crippen molar-refractivity contribution < 1.29 is 9.59 Å². The highest BCUT2D eigenvalue weighted by Gasteiger charge is 2.39. The molecule has 5 rings (SSSR count). The lowest BCUT2D eigenvalue weighted by molar-refractivity contribution is -0.136. The average molecular weight is 490 g/mol. The van der Waals surface area contributed by atoms with Gasteiger partial charge in [-0.3, -0.25) is 14.5 Å². The first-order valence-corrected chi connectivity index (χ1v) is 13.1. The SMILES string of the molecule is CCCCCCC(=O)N(CC(=O)N1c2ccccc2-n2cccc2C1c1cccc(Cl)c1)C1CC1. The van der Waals surface area contributed by atoms with Crippen LogP contribution in [0.3, 0.4) is 0 Å². The molecule has 0 bridgehead atoms. The molecule has 2 amide bonds. The summed E-state index contributed by atoms with van der Waals surface area (Å²) in [5.41, 5.74) is 3.76. The second-order valence-corrected chi connectivity index (χ2v) is 10.0. The molecule has 1 aliphatic heterocycles. The van der Waals surface area contributed by atoms with Crippen molar-refractivity contribution in [3.63, 3.8) is 0 Å². The summed E-state index contributed by atoms with van der Waals surface area (Å²) in [5.74, 6) is 0.0358. The molecule has 1 aromatic heterocycles. The van der Waals surface area contributed by atoms with Gasteiger partial charge in [0.05, 0.1) is 17.1 Å². The van der Waals surface area contributed by atoms with Crippen LogP contribution in [0.15, 0.2) is 66.9 Å². The number of anilines is 1. The minimum Gasteiger partial charge on any atom is -0.330 e. The number of benzene rings is 2. The van der Waals surface area contributed by atoms with Crippen LogP contribution in [-0.4, -0.2) is 33.9 Å². The number of amides is 2. The number of carbonyl (C=O) groups excluding carboxylic acids is 2. The first kappa shape index (κ1) is 23.7. The lowest BCUT2D eigenvalue weighted by atomic mass is 9.97. The van der Waals surface area contributed by atoms with Crippen molar-refractivity contribution in [3.8, 4) is 5.69 Å². The summed E-state index contributed by atoms with van der Waals surface area (Å²) in [6.07, 6.45) is 8.72. The smallest absolute Gasteiger partial charge is 0.247 e. The highest BCUT2D eigenvalue weighted by atomic mass is 35.5. The number of para-hydroxylation sites is 2. The molecule has 0 saturated heterocycles. The Morgan fingerprint density at radius 1 is 0.971 bits per heavy atom. The molecule has 1 unspecified atom stereocenters. The van der Waals surface area contributed by atoms with Gasteiger partial charge in [-0.1, -0.05) is 62.1 Å². The van der Waals surface area contributed by atoms with Crippen LogP contribution in [0.4, 0.5) is 5.69 Å². The Labute approximate surface area is 212 Å². The fourth-order valence-electron chi connectivity index (χ4n) is 5.13. The molecule has 2 aromatic carbocycles. The van der Waals surface area contributed by atoms with E-state index in [4.69, 9.17) is 11.6 Å². The number of nitrogens with zero attached hydrogens (tertiary/aromatic N) is 3. The van der Waals surface area contributed by atoms with Gasteiger partial charge in [0.15, 0.2) is 0 Å². The molecule has 6 heteroatoms. The third-order valence-corrected chi connectivity index (χ3v) is 7.25. The molecule has 3 aromatic rings. The van der Waals surface area contributed by atoms with E-state index in [9.17, 15) is 9.59 Å². The van der Waals surface area contributed by atoms with Crippen molar-refractivity contribution in [2.45, 2.75) is 64.0 Å². The highest BCUT2D eigenvalue weighted by Crippen LogP contribution is 2.43. The standard InChI is InChI=1S/C29H32ClN3O2/c1-2-3-4-5-15-27(34)32(23-16-17-23)20-28(35)33-25-13-7-6-12-24(25)31-18-9-14-26(31)29(33)21-10-8-11-22(30)19-21/h6-14,18-19,23,29H,2-5,15-17,20H2,1H3. The van der Waals surface area contributed by atoms with Crippen molar-refractivity contribution in [3.05, 3.63) is 83.1 Å². The van der Waals surface area contributed by atoms with E-state index in [2.05, 4.69) is 17.6 Å². The van der Waals surface area contributed by atoms with Gasteiger partial charge in [-0.05, 0) is 61.2 Å². The number of rotatable bonds is 9. The number of hydrogen-bond acceptors (Lipinski definition) is 2. The lowest BCUT2D eigenvalue weighted by Gasteiger charge is -2.39. The summed E-state index contributed by atoms with van der Waals surface area (Å²) in [4.78, 5) is 30.9. The summed E-state index contributed by atoms with van der Waals surface area (Å²) in [7, 11) is 0. The molecule has 1 fully saturated rings. The quantitative estimate of drug-likeness (QED) is 0.321. The molecule has 35 heavy (non-hydrogen) atoms. The predicted molar refractivity (Wildman–Crippen MR) is 140 cm³/mol. The van der Waals surface area contributed by atoms with Crippen molar-refractivity contribution in [2.75, 3.05) is 11.4 Å². The molecule has 1 saturated carbocycles. The van der Waals surface area contributed by atoms with Crippen LogP contribution >= 0.6 is 11.6 Å². The normalized spacial score (nSPS) is 16.5. The highest BCUT2D eigenvalue weighted by molar-refractivity contribution is 6.30. The summed E-state index contributed by atoms with van der Waals surface area (Å²) in [5, 5.41) is 0.633. The molecule has 0 radical (unpaired) electrons. The largest absolute Gasteiger partial charge is 0.330 e. The maximum absolute atomic E-state index is 14.1. The van der Waals surface area contributed by atoms with Crippen LogP contribution < -0.4 is 4.90 Å². The zero-order valence-corrected chi connectivity index (χ0v) is 21.0. The van der Waals surface area contributed by atoms with Gasteiger partial charge < -0.3 is 9.47 Å². The summed E-state index contributed by atoms with van der Waals surface area (Å²) in [6.45, 7) is 2.27. The molecular weight excluding hydrogens is 458 g/mol. The Bertz CT molecular complexity index is 1220. The average Bonchev–Trinajstić information content (AvgIpc) is 3.59. The van der Waals surface area contributed by atoms with Gasteiger partial charge in [-0.15, -0.1) is 0 Å². The molecule has 182 valence electrons. The first-order chi connectivity index (χ1) is 17.1. The number of hydrogen-bond donors (Lipinski definition) is 0. The van der Waals surface area contributed by atoms with Gasteiger partial charge in [-0.25, -0.2) is 0 Å². The monoisotopic (exact) mass is 489 g/mol. The van der Waals surface area contributed by atoms with Gasteiger partial charge in [0.1, 0.15) is 12.6 Å². The van der Waals surface area contributed by atoms with Gasteiger partial charge in [0, 0.05) is 23.7 Å². The molecule has 1 atom stereocenters. The van der Waals surface area contributed by atoms with E-state index in [1.165, 1.54) is 0 Å². The van der Waals surface area contributed by atoms with Crippen molar-refractivity contribution >= 4 is 29.1 Å². The fourth-order valence-corrected chi connectivity index (χ4v) is 5.33. The van der Waals surface area contributed by atoms with Crippen molar-refractivity contribution in [1.82, 2.24) is 9.47 Å². The second-order valence-electron chi connectivity index (χ2n) is 9.58. The lowest BCUT2D eigenvalue weighted by Crippen LogP contribution is -2.47. The summed E-state index contributed by atoms with van der Waals surface area (Å²) in [6, 6.07) is 19.6. The van der Waals surface area contributed by atoms with Crippen LogP contribution in [0.2, 0.25) is 5.02 Å². The molecule has 0 N–H and O–H groups in total. The number of aromatic nitrogens is 1. The van der Waals surface area contributed by atoms with E-state index < -0.39 is 0 Å². The number of fused-ring (bicyclic) bond motifs is 3. The summed E-state index contributed by atoms with van der Waals surface area (Å²) < 4.78 is 2.14. The van der Waals surface area contributed by atoms with Gasteiger partial charge >= 0.3 is 0 Å². The Morgan fingerprint density at radius 2 is 1.77 bits per heavy atom. The van der Waals surface area contributed by atoms with Gasteiger partial charge in [0.25, 0.3) is 0 Å². The molecular formula is C29H32ClN3O2. The Morgan fingerprint density at radius 3 is 2.51 bits per heavy atom. The van der Waals surface area contributed by atoms with E-state index in [0.29, 0.717) is 11.4 Å². The van der Waals surface area contributed by atoms with Crippen LogP contribution in [0, 0.1) is 0 Å². The molecule has 1 aliphatic carbocycles. The zero-order chi connectivity index (χ0) is 24.4. The minimum atomic E-state index is -0.327. The Kier molecular flexibility index (Phi) is 6.96. The van der Waals surface area contributed by atoms with Crippen molar-refractivity contribution in [2.24, 2.45) is 0 Å². The molecule has 2 heterocycles.